The number of nitrogens with two attached hydrogens (primary N) is 1. The van der Waals surface area contributed by atoms with Crippen molar-refractivity contribution < 1.29 is 0 Å². The maximum atomic E-state index is 12.5. The van der Waals surface area contributed by atoms with Crippen molar-refractivity contribution in [2.75, 3.05) is 6.54 Å². The summed E-state index contributed by atoms with van der Waals surface area (Å²) < 4.78 is 4.64. The Balaban J connectivity index is 2.88. The zero-order valence-corrected chi connectivity index (χ0v) is 13.8. The molecule has 2 rings (SSSR count). The molecule has 122 valence electrons. The van der Waals surface area contributed by atoms with Crippen LogP contribution in [0.5, 0.6) is 0 Å². The molecule has 0 spiro atoms. The summed E-state index contributed by atoms with van der Waals surface area (Å²) in [6.07, 6.45) is 1.68. The van der Waals surface area contributed by atoms with Crippen molar-refractivity contribution in [2.45, 2.75) is 46.7 Å². The lowest BCUT2D eigenvalue weighted by Crippen LogP contribution is -2.39. The van der Waals surface area contributed by atoms with E-state index in [-0.39, 0.29) is 17.2 Å². The van der Waals surface area contributed by atoms with E-state index in [2.05, 4.69) is 11.9 Å². The van der Waals surface area contributed by atoms with E-state index in [0.29, 0.717) is 30.8 Å². The molecule has 0 aliphatic rings. The van der Waals surface area contributed by atoms with Gasteiger partial charge in [-0.3, -0.25) is 13.9 Å². The van der Waals surface area contributed by atoms with E-state index in [9.17, 15) is 9.59 Å². The molecule has 0 atom stereocenters. The molecule has 0 amide bonds. The lowest BCUT2D eigenvalue weighted by molar-refractivity contribution is 0.499. The van der Waals surface area contributed by atoms with Crippen molar-refractivity contribution in [1.82, 2.24) is 18.7 Å². The number of imidazole rings is 1. The van der Waals surface area contributed by atoms with Crippen molar-refractivity contribution in [2.24, 2.45) is 18.7 Å². The standard InChI is InChI=1S/C15H25N5O2/c1-5-6-11-17-13-12(19(11)8-7-16)14(21)18(4)15(22)20(13)9-10(2)3/h10H,5-9,16H2,1-4H3. The van der Waals surface area contributed by atoms with Gasteiger partial charge in [0.15, 0.2) is 11.2 Å². The highest BCUT2D eigenvalue weighted by Crippen LogP contribution is 2.14. The van der Waals surface area contributed by atoms with E-state index in [4.69, 9.17) is 5.73 Å². The highest BCUT2D eigenvalue weighted by atomic mass is 16.2. The van der Waals surface area contributed by atoms with Crippen molar-refractivity contribution >= 4 is 11.2 Å². The second-order valence-electron chi connectivity index (χ2n) is 6.04. The Bertz CT molecular complexity index is 782. The second kappa shape index (κ2) is 6.48. The van der Waals surface area contributed by atoms with Gasteiger partial charge in [0.25, 0.3) is 5.56 Å². The predicted molar refractivity (Wildman–Crippen MR) is 87.1 cm³/mol. The van der Waals surface area contributed by atoms with Crippen LogP contribution in [0.1, 0.15) is 33.0 Å². The average molecular weight is 307 g/mol. The van der Waals surface area contributed by atoms with Gasteiger partial charge in [-0.2, -0.15) is 0 Å². The molecule has 0 aliphatic carbocycles. The predicted octanol–water partition coefficient (Wildman–Crippen LogP) is 0.464. The molecule has 0 radical (unpaired) electrons. The molecule has 0 fully saturated rings. The molecular formula is C15H25N5O2. The molecule has 7 nitrogen and oxygen atoms in total. The first kappa shape index (κ1) is 16.5. The third-order valence-electron chi connectivity index (χ3n) is 3.68. The summed E-state index contributed by atoms with van der Waals surface area (Å²) in [5, 5.41) is 0. The largest absolute Gasteiger partial charge is 0.332 e. The fraction of sp³-hybridized carbons (Fsp3) is 0.667. The highest BCUT2D eigenvalue weighted by molar-refractivity contribution is 5.71. The maximum absolute atomic E-state index is 12.5. The van der Waals surface area contributed by atoms with E-state index in [1.165, 1.54) is 7.05 Å². The first-order chi connectivity index (χ1) is 10.4. The SMILES string of the molecule is CCCc1nc2c(c(=O)n(C)c(=O)n2CC(C)C)n1CCN. The molecule has 0 aliphatic heterocycles. The van der Waals surface area contributed by atoms with Crippen molar-refractivity contribution in [3.63, 3.8) is 0 Å². The molecule has 0 bridgehead atoms. The maximum Gasteiger partial charge on any atom is 0.332 e. The zero-order valence-electron chi connectivity index (χ0n) is 13.8. The van der Waals surface area contributed by atoms with Crippen LogP contribution in [0.4, 0.5) is 0 Å². The number of hydrogen-bond donors (Lipinski definition) is 1. The van der Waals surface area contributed by atoms with Gasteiger partial charge in [0.1, 0.15) is 5.82 Å². The Morgan fingerprint density at radius 3 is 2.45 bits per heavy atom. The minimum absolute atomic E-state index is 0.285. The summed E-state index contributed by atoms with van der Waals surface area (Å²) in [5.74, 6) is 1.11. The minimum Gasteiger partial charge on any atom is -0.329 e. The Kier molecular flexibility index (Phi) is 4.85. The molecular weight excluding hydrogens is 282 g/mol. The van der Waals surface area contributed by atoms with Gasteiger partial charge >= 0.3 is 5.69 Å². The molecule has 0 aromatic carbocycles. The number of hydrogen-bond acceptors (Lipinski definition) is 4. The molecule has 2 heterocycles. The third kappa shape index (κ3) is 2.72. The third-order valence-corrected chi connectivity index (χ3v) is 3.68. The van der Waals surface area contributed by atoms with E-state index >= 15 is 0 Å². The Morgan fingerprint density at radius 1 is 1.23 bits per heavy atom. The van der Waals surface area contributed by atoms with E-state index in [0.717, 1.165) is 23.2 Å². The smallest absolute Gasteiger partial charge is 0.329 e. The van der Waals surface area contributed by atoms with Gasteiger partial charge in [-0.1, -0.05) is 20.8 Å². The quantitative estimate of drug-likeness (QED) is 0.840. The van der Waals surface area contributed by atoms with Gasteiger partial charge in [0, 0.05) is 33.1 Å². The molecule has 2 N–H and O–H groups in total. The molecule has 7 heteroatoms. The van der Waals surface area contributed by atoms with Crippen LogP contribution in [0.3, 0.4) is 0 Å². The topological polar surface area (TPSA) is 87.8 Å². The molecule has 22 heavy (non-hydrogen) atoms. The highest BCUT2D eigenvalue weighted by Gasteiger charge is 2.20. The summed E-state index contributed by atoms with van der Waals surface area (Å²) in [7, 11) is 1.51. The fourth-order valence-corrected chi connectivity index (χ4v) is 2.72. The van der Waals surface area contributed by atoms with Crippen molar-refractivity contribution in [3.8, 4) is 0 Å². The Hall–Kier alpha value is -1.89. The second-order valence-corrected chi connectivity index (χ2v) is 6.04. The van der Waals surface area contributed by atoms with Crippen molar-refractivity contribution in [1.29, 1.82) is 0 Å². The number of nitrogens with zero attached hydrogens (tertiary/aromatic N) is 4. The minimum atomic E-state index is -0.313. The van der Waals surface area contributed by atoms with E-state index < -0.39 is 0 Å². The molecule has 0 saturated carbocycles. The normalized spacial score (nSPS) is 11.7. The first-order valence-electron chi connectivity index (χ1n) is 7.81. The van der Waals surface area contributed by atoms with Crippen molar-refractivity contribution in [3.05, 3.63) is 26.7 Å². The molecule has 0 unspecified atom stereocenters. The number of rotatable bonds is 6. The lowest BCUT2D eigenvalue weighted by Gasteiger charge is -2.11. The summed E-state index contributed by atoms with van der Waals surface area (Å²) in [5.41, 5.74) is 6.04. The van der Waals surface area contributed by atoms with Crippen LogP contribution in [0, 0.1) is 5.92 Å². The van der Waals surface area contributed by atoms with Crippen LogP contribution in [0.25, 0.3) is 11.2 Å². The molecule has 2 aromatic rings. The van der Waals surface area contributed by atoms with Crippen LogP contribution in [-0.4, -0.2) is 25.2 Å². The van der Waals surface area contributed by atoms with E-state index in [1.54, 1.807) is 4.57 Å². The summed E-state index contributed by atoms with van der Waals surface area (Å²) in [6, 6.07) is 0. The van der Waals surface area contributed by atoms with Crippen LogP contribution in [-0.2, 0) is 26.6 Å². The fourth-order valence-electron chi connectivity index (χ4n) is 2.72. The van der Waals surface area contributed by atoms with Gasteiger partial charge < -0.3 is 10.3 Å². The number of aryl methyl sites for hydroxylation is 1. The average Bonchev–Trinajstić information content (AvgIpc) is 2.81. The number of fused-ring (bicyclic) bond motifs is 1. The van der Waals surface area contributed by atoms with Crippen LogP contribution in [0.2, 0.25) is 0 Å². The van der Waals surface area contributed by atoms with Gasteiger partial charge in [-0.05, 0) is 12.3 Å². The molecule has 2 aromatic heterocycles. The van der Waals surface area contributed by atoms with E-state index in [1.807, 2.05) is 18.4 Å². The van der Waals surface area contributed by atoms with Gasteiger partial charge in [0.05, 0.1) is 0 Å². The van der Waals surface area contributed by atoms with Crippen LogP contribution >= 0.6 is 0 Å². The molecule has 0 saturated heterocycles. The zero-order chi connectivity index (χ0) is 16.4. The summed E-state index contributed by atoms with van der Waals surface area (Å²) in [4.78, 5) is 29.6. The summed E-state index contributed by atoms with van der Waals surface area (Å²) >= 11 is 0. The Morgan fingerprint density at radius 2 is 1.91 bits per heavy atom. The number of aromatic nitrogens is 4. The van der Waals surface area contributed by atoms with Gasteiger partial charge in [-0.25, -0.2) is 9.78 Å². The van der Waals surface area contributed by atoms with Gasteiger partial charge in [-0.15, -0.1) is 0 Å². The van der Waals surface area contributed by atoms with Crippen LogP contribution in [0.15, 0.2) is 9.59 Å². The first-order valence-corrected chi connectivity index (χ1v) is 7.81. The monoisotopic (exact) mass is 307 g/mol. The Labute approximate surface area is 129 Å². The summed E-state index contributed by atoms with van der Waals surface area (Å²) in [6.45, 7) is 7.62. The van der Waals surface area contributed by atoms with Gasteiger partial charge in [0.2, 0.25) is 0 Å². The van der Waals surface area contributed by atoms with Crippen LogP contribution < -0.4 is 17.0 Å². The lowest BCUT2D eigenvalue weighted by atomic mass is 10.2.